The van der Waals surface area contributed by atoms with Crippen molar-refractivity contribution in [3.63, 3.8) is 0 Å². The second kappa shape index (κ2) is 9.99. The summed E-state index contributed by atoms with van der Waals surface area (Å²) in [6, 6.07) is -0.664. The van der Waals surface area contributed by atoms with Gasteiger partial charge in [-0.25, -0.2) is 4.79 Å². The van der Waals surface area contributed by atoms with Gasteiger partial charge in [-0.05, 0) is 40.0 Å². The van der Waals surface area contributed by atoms with Crippen LogP contribution in [0.25, 0.3) is 0 Å². The quantitative estimate of drug-likeness (QED) is 0.427. The Morgan fingerprint density at radius 2 is 1.82 bits per heavy atom. The van der Waals surface area contributed by atoms with Gasteiger partial charge in [0, 0.05) is 6.54 Å². The lowest BCUT2D eigenvalue weighted by atomic mass is 10.1. The van der Waals surface area contributed by atoms with Crippen LogP contribution in [0, 0.1) is 0 Å². The maximum absolute atomic E-state index is 11.5. The van der Waals surface area contributed by atoms with E-state index in [2.05, 4.69) is 15.4 Å². The van der Waals surface area contributed by atoms with Crippen LogP contribution >= 0.6 is 0 Å². The summed E-state index contributed by atoms with van der Waals surface area (Å²) in [5, 5.41) is 13.8. The number of carbonyl (C=O) groups excluding carboxylic acids is 2. The molecule has 0 aliphatic carbocycles. The number of carboxylic acids is 1. The number of alkyl carbamates (subject to hydrolysis) is 1. The second-order valence-corrected chi connectivity index (χ2v) is 5.77. The summed E-state index contributed by atoms with van der Waals surface area (Å²) in [6.45, 7) is 5.45. The molecule has 8 heteroatoms. The summed E-state index contributed by atoms with van der Waals surface area (Å²) in [7, 11) is 1.25. The van der Waals surface area contributed by atoms with Crippen molar-refractivity contribution in [2.75, 3.05) is 20.2 Å². The van der Waals surface area contributed by atoms with Gasteiger partial charge in [-0.1, -0.05) is 0 Å². The Kier molecular flexibility index (Phi) is 9.16. The molecule has 0 bridgehead atoms. The lowest BCUT2D eigenvalue weighted by Crippen LogP contribution is -2.40. The predicted molar refractivity (Wildman–Crippen MR) is 79.5 cm³/mol. The maximum atomic E-state index is 11.5. The van der Waals surface area contributed by atoms with E-state index in [1.54, 1.807) is 20.8 Å². The Hall–Kier alpha value is -1.83. The standard InChI is InChI=1S/C14H26N2O6/c1-14(2,3)22-13(20)15-8-6-5-7-10(12(19)21-4)16-9-11(17)18/h10,16H,5-9H2,1-4H3,(H,15,20)(H,17,18)/t10-/m0/s1. The number of unbranched alkanes of at least 4 members (excludes halogenated alkanes) is 1. The smallest absolute Gasteiger partial charge is 0.407 e. The van der Waals surface area contributed by atoms with Gasteiger partial charge in [-0.2, -0.15) is 0 Å². The molecule has 0 radical (unpaired) electrons. The Balaban J connectivity index is 3.95. The third-order valence-electron chi connectivity index (χ3n) is 2.57. The first-order chi connectivity index (χ1) is 10.2. The van der Waals surface area contributed by atoms with Crippen LogP contribution in [-0.2, 0) is 19.1 Å². The number of rotatable bonds is 9. The second-order valence-electron chi connectivity index (χ2n) is 5.77. The summed E-state index contributed by atoms with van der Waals surface area (Å²) in [5.74, 6) is -1.54. The van der Waals surface area contributed by atoms with Crippen LogP contribution in [-0.4, -0.2) is 55.0 Å². The van der Waals surface area contributed by atoms with E-state index in [0.29, 0.717) is 25.8 Å². The van der Waals surface area contributed by atoms with Crippen LogP contribution in [0.3, 0.4) is 0 Å². The minimum absolute atomic E-state index is 0.310. The summed E-state index contributed by atoms with van der Waals surface area (Å²) >= 11 is 0. The van der Waals surface area contributed by atoms with Gasteiger partial charge in [0.2, 0.25) is 0 Å². The fourth-order valence-electron chi connectivity index (χ4n) is 1.63. The van der Waals surface area contributed by atoms with Crippen molar-refractivity contribution in [3.8, 4) is 0 Å². The van der Waals surface area contributed by atoms with E-state index < -0.39 is 29.7 Å². The van der Waals surface area contributed by atoms with E-state index >= 15 is 0 Å². The zero-order chi connectivity index (χ0) is 17.2. The fourth-order valence-corrected chi connectivity index (χ4v) is 1.63. The number of hydrogen-bond acceptors (Lipinski definition) is 6. The number of ether oxygens (including phenoxy) is 2. The molecule has 0 aromatic rings. The van der Waals surface area contributed by atoms with Crippen molar-refractivity contribution in [3.05, 3.63) is 0 Å². The van der Waals surface area contributed by atoms with Gasteiger partial charge in [0.05, 0.1) is 13.7 Å². The maximum Gasteiger partial charge on any atom is 0.407 e. The molecule has 128 valence electrons. The van der Waals surface area contributed by atoms with Crippen LogP contribution in [0.4, 0.5) is 4.79 Å². The molecule has 0 aliphatic heterocycles. The molecule has 0 aromatic carbocycles. The number of esters is 1. The van der Waals surface area contributed by atoms with Gasteiger partial charge in [-0.15, -0.1) is 0 Å². The molecule has 0 heterocycles. The first-order valence-electron chi connectivity index (χ1n) is 7.15. The third kappa shape index (κ3) is 10.9. The number of nitrogens with one attached hydrogen (secondary N) is 2. The van der Waals surface area contributed by atoms with Crippen molar-refractivity contribution >= 4 is 18.0 Å². The highest BCUT2D eigenvalue weighted by Crippen LogP contribution is 2.07. The number of aliphatic carboxylic acids is 1. The minimum atomic E-state index is -1.04. The van der Waals surface area contributed by atoms with Crippen molar-refractivity contribution < 1.29 is 29.0 Å². The average molecular weight is 318 g/mol. The summed E-state index contributed by atoms with van der Waals surface area (Å²) < 4.78 is 9.69. The third-order valence-corrected chi connectivity index (χ3v) is 2.57. The summed E-state index contributed by atoms with van der Waals surface area (Å²) in [4.78, 5) is 33.4. The van der Waals surface area contributed by atoms with Crippen LogP contribution in [0.5, 0.6) is 0 Å². The van der Waals surface area contributed by atoms with Gasteiger partial charge in [0.1, 0.15) is 11.6 Å². The number of hydrogen-bond donors (Lipinski definition) is 3. The summed E-state index contributed by atoms with van der Waals surface area (Å²) in [6.07, 6.45) is 1.21. The van der Waals surface area contributed by atoms with Gasteiger partial charge in [0.15, 0.2) is 0 Å². The van der Waals surface area contributed by atoms with Gasteiger partial charge in [0.25, 0.3) is 0 Å². The van der Waals surface area contributed by atoms with Crippen molar-refractivity contribution in [1.82, 2.24) is 10.6 Å². The number of methoxy groups -OCH3 is 1. The van der Waals surface area contributed by atoms with Gasteiger partial charge < -0.3 is 19.9 Å². The molecule has 0 spiro atoms. The molecule has 1 amide bonds. The lowest BCUT2D eigenvalue weighted by molar-refractivity contribution is -0.143. The number of carboxylic acid groups (broad SMARTS) is 1. The molecule has 0 aliphatic rings. The molecule has 3 N–H and O–H groups in total. The monoisotopic (exact) mass is 318 g/mol. The van der Waals surface area contributed by atoms with E-state index in [4.69, 9.17) is 9.84 Å². The van der Waals surface area contributed by atoms with E-state index in [-0.39, 0.29) is 6.54 Å². The molecule has 0 saturated carbocycles. The molecule has 0 fully saturated rings. The minimum Gasteiger partial charge on any atom is -0.480 e. The van der Waals surface area contributed by atoms with Crippen molar-refractivity contribution in [2.45, 2.75) is 51.7 Å². The highest BCUT2D eigenvalue weighted by Gasteiger charge is 2.19. The largest absolute Gasteiger partial charge is 0.480 e. The highest BCUT2D eigenvalue weighted by atomic mass is 16.6. The van der Waals surface area contributed by atoms with Crippen molar-refractivity contribution in [2.24, 2.45) is 0 Å². The molecule has 0 unspecified atom stereocenters. The zero-order valence-corrected chi connectivity index (χ0v) is 13.6. The first kappa shape index (κ1) is 20.2. The summed E-state index contributed by atoms with van der Waals surface area (Å²) in [5.41, 5.74) is -0.541. The normalized spacial score (nSPS) is 12.4. The fraction of sp³-hybridized carbons (Fsp3) is 0.786. The molecular weight excluding hydrogens is 292 g/mol. The van der Waals surface area contributed by atoms with E-state index in [9.17, 15) is 14.4 Å². The molecule has 22 heavy (non-hydrogen) atoms. The SMILES string of the molecule is COC(=O)[C@H](CCCCNC(=O)OC(C)(C)C)NCC(=O)O. The topological polar surface area (TPSA) is 114 Å². The molecular formula is C14H26N2O6. The van der Waals surface area contributed by atoms with Crippen molar-refractivity contribution in [1.29, 1.82) is 0 Å². The number of amides is 1. The van der Waals surface area contributed by atoms with Crippen LogP contribution < -0.4 is 10.6 Å². The highest BCUT2D eigenvalue weighted by molar-refractivity contribution is 5.77. The van der Waals surface area contributed by atoms with Crippen LogP contribution in [0.2, 0.25) is 0 Å². The molecule has 0 rings (SSSR count). The first-order valence-corrected chi connectivity index (χ1v) is 7.15. The van der Waals surface area contributed by atoms with E-state index in [0.717, 1.165) is 0 Å². The lowest BCUT2D eigenvalue weighted by Gasteiger charge is -2.19. The zero-order valence-electron chi connectivity index (χ0n) is 13.6. The van der Waals surface area contributed by atoms with Crippen LogP contribution in [0.15, 0.2) is 0 Å². The molecule has 8 nitrogen and oxygen atoms in total. The Morgan fingerprint density at radius 1 is 1.18 bits per heavy atom. The molecule has 0 saturated heterocycles. The Labute approximate surface area is 130 Å². The Morgan fingerprint density at radius 3 is 2.32 bits per heavy atom. The molecule has 0 aromatic heterocycles. The van der Waals surface area contributed by atoms with Gasteiger partial charge >= 0.3 is 18.0 Å². The predicted octanol–water partition coefficient (Wildman–Crippen LogP) is 0.897. The number of carbonyl (C=O) groups is 3. The molecule has 1 atom stereocenters. The van der Waals surface area contributed by atoms with E-state index in [1.165, 1.54) is 7.11 Å². The van der Waals surface area contributed by atoms with E-state index in [1.807, 2.05) is 0 Å². The van der Waals surface area contributed by atoms with Crippen LogP contribution in [0.1, 0.15) is 40.0 Å². The van der Waals surface area contributed by atoms with Gasteiger partial charge in [-0.3, -0.25) is 14.9 Å². The average Bonchev–Trinajstić information content (AvgIpc) is 2.38. The Bertz CT molecular complexity index is 378.